The van der Waals surface area contributed by atoms with Gasteiger partial charge >= 0.3 is 5.97 Å². The fourth-order valence-electron chi connectivity index (χ4n) is 4.13. The molecule has 1 rings (SSSR count). The van der Waals surface area contributed by atoms with E-state index in [0.29, 0.717) is 13.0 Å². The van der Waals surface area contributed by atoms with Crippen LogP contribution >= 0.6 is 0 Å². The third kappa shape index (κ3) is 11.9. The third-order valence-corrected chi connectivity index (χ3v) is 6.22. The number of carbonyl (C=O) groups is 2. The first-order chi connectivity index (χ1) is 15.0. The van der Waals surface area contributed by atoms with Crippen molar-refractivity contribution in [1.82, 2.24) is 10.2 Å². The van der Waals surface area contributed by atoms with E-state index < -0.39 is 18.2 Å². The van der Waals surface area contributed by atoms with Gasteiger partial charge in [-0.05, 0) is 13.5 Å². The molecule has 1 fully saturated rings. The number of hydrogen-bond acceptors (Lipinski definition) is 6. The molecule has 3 atom stereocenters. The Kier molecular flexibility index (Phi) is 15.6. The zero-order valence-electron chi connectivity index (χ0n) is 19.8. The molecule has 1 heterocycles. The number of carbonyl (C=O) groups excluding carboxylic acids is 2. The van der Waals surface area contributed by atoms with Gasteiger partial charge in [-0.1, -0.05) is 84.0 Å². The van der Waals surface area contributed by atoms with Crippen molar-refractivity contribution in [1.29, 1.82) is 0 Å². The van der Waals surface area contributed by atoms with Crippen molar-refractivity contribution >= 4 is 11.9 Å². The summed E-state index contributed by atoms with van der Waals surface area (Å²) in [5, 5.41) is 21.6. The molecule has 0 aromatic carbocycles. The molecule has 7 nitrogen and oxygen atoms in total. The average Bonchev–Trinajstić information content (AvgIpc) is 2.86. The van der Waals surface area contributed by atoms with Gasteiger partial charge in [0.2, 0.25) is 5.91 Å². The van der Waals surface area contributed by atoms with Crippen LogP contribution in [0.25, 0.3) is 0 Å². The van der Waals surface area contributed by atoms with Gasteiger partial charge in [0.25, 0.3) is 0 Å². The smallest absolute Gasteiger partial charge is 0.306 e. The Morgan fingerprint density at radius 3 is 1.94 bits per heavy atom. The highest BCUT2D eigenvalue weighted by atomic mass is 16.5. The monoisotopic (exact) mass is 442 g/mol. The Morgan fingerprint density at radius 1 is 0.935 bits per heavy atom. The standard InChI is InChI=1S/C24H46N2O5/c1-3-4-5-6-7-8-9-10-11-12-13-14-15-16-23(29)31-22-17-26(2)21(19-28)24(30)25-20(22)18-27/h20-22,27-28H,3-19H2,1-2H3,(H,25,30)/t20-,21+,22+/m1/s1. The maximum atomic E-state index is 12.2. The van der Waals surface area contributed by atoms with Gasteiger partial charge in [-0.15, -0.1) is 0 Å². The lowest BCUT2D eigenvalue weighted by Gasteiger charge is -2.26. The zero-order chi connectivity index (χ0) is 22.9. The molecule has 1 aliphatic rings. The summed E-state index contributed by atoms with van der Waals surface area (Å²) >= 11 is 0. The van der Waals surface area contributed by atoms with Gasteiger partial charge < -0.3 is 20.3 Å². The van der Waals surface area contributed by atoms with Crippen LogP contribution in [0, 0.1) is 0 Å². The second-order valence-corrected chi connectivity index (χ2v) is 8.96. The van der Waals surface area contributed by atoms with Crippen molar-refractivity contribution in [3.8, 4) is 0 Å². The van der Waals surface area contributed by atoms with Crippen LogP contribution in [0.2, 0.25) is 0 Å². The van der Waals surface area contributed by atoms with Crippen molar-refractivity contribution < 1.29 is 24.5 Å². The maximum absolute atomic E-state index is 12.2. The fraction of sp³-hybridized carbons (Fsp3) is 0.917. The van der Waals surface area contributed by atoms with Crippen LogP contribution in [0.4, 0.5) is 0 Å². The van der Waals surface area contributed by atoms with E-state index in [0.717, 1.165) is 19.3 Å². The molecule has 1 amide bonds. The number of amides is 1. The van der Waals surface area contributed by atoms with Crippen LogP contribution in [0.3, 0.4) is 0 Å². The second-order valence-electron chi connectivity index (χ2n) is 8.96. The van der Waals surface area contributed by atoms with Crippen molar-refractivity contribution in [2.75, 3.05) is 26.8 Å². The van der Waals surface area contributed by atoms with E-state index >= 15 is 0 Å². The van der Waals surface area contributed by atoms with Crippen molar-refractivity contribution in [3.63, 3.8) is 0 Å². The molecule has 3 N–H and O–H groups in total. The molecule has 0 aromatic rings. The quantitative estimate of drug-likeness (QED) is 0.236. The fourth-order valence-corrected chi connectivity index (χ4v) is 4.13. The Morgan fingerprint density at radius 2 is 1.45 bits per heavy atom. The van der Waals surface area contributed by atoms with Gasteiger partial charge in [-0.25, -0.2) is 0 Å². The Labute approximate surface area is 188 Å². The third-order valence-electron chi connectivity index (χ3n) is 6.22. The van der Waals surface area contributed by atoms with E-state index in [2.05, 4.69) is 12.2 Å². The van der Waals surface area contributed by atoms with Crippen molar-refractivity contribution in [2.45, 2.75) is 115 Å². The molecule has 0 aliphatic carbocycles. The molecule has 31 heavy (non-hydrogen) atoms. The minimum atomic E-state index is -0.696. The van der Waals surface area contributed by atoms with Crippen LogP contribution in [-0.2, 0) is 14.3 Å². The first-order valence-corrected chi connectivity index (χ1v) is 12.4. The number of nitrogens with zero attached hydrogens (tertiary/aromatic N) is 1. The van der Waals surface area contributed by atoms with E-state index in [-0.39, 0.29) is 25.1 Å². The van der Waals surface area contributed by atoms with Crippen LogP contribution in [0.1, 0.15) is 96.8 Å². The second kappa shape index (κ2) is 17.4. The predicted octanol–water partition coefficient (Wildman–Crippen LogP) is 3.16. The van der Waals surface area contributed by atoms with E-state index in [1.165, 1.54) is 64.2 Å². The van der Waals surface area contributed by atoms with Crippen LogP contribution in [-0.4, -0.2) is 72.0 Å². The number of likely N-dealkylation sites (N-methyl/N-ethyl adjacent to an activating group) is 1. The zero-order valence-corrected chi connectivity index (χ0v) is 19.8. The number of unbranched alkanes of at least 4 members (excludes halogenated alkanes) is 12. The van der Waals surface area contributed by atoms with Gasteiger partial charge in [-0.3, -0.25) is 14.5 Å². The number of nitrogens with one attached hydrogen (secondary N) is 1. The van der Waals surface area contributed by atoms with E-state index in [1.807, 2.05) is 0 Å². The van der Waals surface area contributed by atoms with Crippen LogP contribution in [0.15, 0.2) is 0 Å². The molecular formula is C24H46N2O5. The summed E-state index contributed by atoms with van der Waals surface area (Å²) in [6.45, 7) is 1.91. The molecule has 1 saturated heterocycles. The topological polar surface area (TPSA) is 99.1 Å². The van der Waals surface area contributed by atoms with E-state index in [9.17, 15) is 19.8 Å². The molecule has 0 radical (unpaired) electrons. The number of ether oxygens (including phenoxy) is 1. The molecular weight excluding hydrogens is 396 g/mol. The lowest BCUT2D eigenvalue weighted by Crippen LogP contribution is -2.48. The first-order valence-electron chi connectivity index (χ1n) is 12.4. The Hall–Kier alpha value is -1.18. The first kappa shape index (κ1) is 27.9. The summed E-state index contributed by atoms with van der Waals surface area (Å²) in [5.74, 6) is -0.657. The number of aliphatic hydroxyl groups excluding tert-OH is 2. The van der Waals surface area contributed by atoms with Gasteiger partial charge in [-0.2, -0.15) is 0 Å². The van der Waals surface area contributed by atoms with Gasteiger partial charge in [0, 0.05) is 13.0 Å². The molecule has 0 saturated carbocycles. The summed E-state index contributed by atoms with van der Waals surface area (Å²) in [5.41, 5.74) is 0. The minimum absolute atomic E-state index is 0.291. The lowest BCUT2D eigenvalue weighted by molar-refractivity contribution is -0.152. The van der Waals surface area contributed by atoms with Crippen molar-refractivity contribution in [3.05, 3.63) is 0 Å². The highest BCUT2D eigenvalue weighted by Crippen LogP contribution is 2.15. The molecule has 182 valence electrons. The normalized spacial score (nSPS) is 22.2. The van der Waals surface area contributed by atoms with E-state index in [1.54, 1.807) is 11.9 Å². The summed E-state index contributed by atoms with van der Waals surface area (Å²) in [4.78, 5) is 26.0. The Balaban J connectivity index is 2.11. The summed E-state index contributed by atoms with van der Waals surface area (Å²) in [7, 11) is 1.70. The van der Waals surface area contributed by atoms with Gasteiger partial charge in [0.1, 0.15) is 12.1 Å². The molecule has 7 heteroatoms. The number of esters is 1. The summed E-state index contributed by atoms with van der Waals surface area (Å²) < 4.78 is 5.56. The molecule has 0 bridgehead atoms. The minimum Gasteiger partial charge on any atom is -0.459 e. The highest BCUT2D eigenvalue weighted by molar-refractivity contribution is 5.82. The van der Waals surface area contributed by atoms with Crippen molar-refractivity contribution in [2.24, 2.45) is 0 Å². The number of rotatable bonds is 17. The van der Waals surface area contributed by atoms with E-state index in [4.69, 9.17) is 4.74 Å². The number of hydrogen-bond donors (Lipinski definition) is 3. The van der Waals surface area contributed by atoms with Crippen LogP contribution in [0.5, 0.6) is 0 Å². The number of aliphatic hydroxyl groups is 2. The van der Waals surface area contributed by atoms with Gasteiger partial charge in [0.05, 0.1) is 19.3 Å². The van der Waals surface area contributed by atoms with Crippen LogP contribution < -0.4 is 5.32 Å². The highest BCUT2D eigenvalue weighted by Gasteiger charge is 2.36. The lowest BCUT2D eigenvalue weighted by atomic mass is 10.0. The molecule has 1 aliphatic heterocycles. The predicted molar refractivity (Wildman–Crippen MR) is 123 cm³/mol. The molecule has 0 aromatic heterocycles. The summed E-state index contributed by atoms with van der Waals surface area (Å²) in [6.07, 6.45) is 16.0. The Bertz CT molecular complexity index is 489. The SMILES string of the molecule is CCCCCCCCCCCCCCCC(=O)O[C@H]1CN(C)[C@@H](CO)C(=O)N[C@@H]1CO. The maximum Gasteiger partial charge on any atom is 0.306 e. The average molecular weight is 443 g/mol. The van der Waals surface area contributed by atoms with Gasteiger partial charge in [0.15, 0.2) is 0 Å². The molecule has 0 unspecified atom stereocenters. The molecule has 0 spiro atoms. The largest absolute Gasteiger partial charge is 0.459 e. The summed E-state index contributed by atoms with van der Waals surface area (Å²) in [6, 6.07) is -1.35.